The number of hydrogen-bond donors (Lipinski definition) is 0. The molecule has 0 N–H and O–H groups in total. The molecule has 0 amide bonds. The first-order valence-corrected chi connectivity index (χ1v) is 7.57. The zero-order valence-electron chi connectivity index (χ0n) is 12.1. The van der Waals surface area contributed by atoms with Crippen LogP contribution in [0.1, 0.15) is 43.2 Å². The molecule has 0 saturated heterocycles. The van der Waals surface area contributed by atoms with Gasteiger partial charge in [-0.2, -0.15) is 0 Å². The molecule has 0 spiro atoms. The molecule has 0 aromatic heterocycles. The molecule has 1 aromatic rings. The fourth-order valence-corrected chi connectivity index (χ4v) is 3.42. The van der Waals surface area contributed by atoms with Gasteiger partial charge in [0.15, 0.2) is 5.78 Å². The largest absolute Gasteiger partial charge is 0.493 e. The summed E-state index contributed by atoms with van der Waals surface area (Å²) in [6, 6.07) is 6.29. The predicted molar refractivity (Wildman–Crippen MR) is 77.2 cm³/mol. The molecule has 1 aromatic carbocycles. The number of rotatable bonds is 5. The molecule has 0 radical (unpaired) electrons. The molecule has 108 valence electrons. The monoisotopic (exact) mass is 274 g/mol. The standard InChI is InChI=1S/C17H22O3/c1-19-17(9-2-3-10-17)16(18)7-5-13-4-6-15-14(12-13)8-11-20-15/h4,6,12H,2-3,5,7-11H2,1H3. The van der Waals surface area contributed by atoms with Gasteiger partial charge in [0.1, 0.15) is 11.4 Å². The van der Waals surface area contributed by atoms with Gasteiger partial charge >= 0.3 is 0 Å². The second-order valence-corrected chi connectivity index (χ2v) is 5.87. The van der Waals surface area contributed by atoms with E-state index < -0.39 is 5.60 Å². The van der Waals surface area contributed by atoms with Gasteiger partial charge in [-0.15, -0.1) is 0 Å². The van der Waals surface area contributed by atoms with Crippen molar-refractivity contribution in [2.45, 2.75) is 50.5 Å². The maximum absolute atomic E-state index is 12.5. The molecule has 0 bridgehead atoms. The van der Waals surface area contributed by atoms with Gasteiger partial charge in [-0.1, -0.05) is 12.1 Å². The molecule has 3 rings (SSSR count). The number of hydrogen-bond acceptors (Lipinski definition) is 3. The fourth-order valence-electron chi connectivity index (χ4n) is 3.42. The van der Waals surface area contributed by atoms with E-state index in [-0.39, 0.29) is 5.78 Å². The van der Waals surface area contributed by atoms with Crippen molar-refractivity contribution in [3.05, 3.63) is 29.3 Å². The minimum absolute atomic E-state index is 0.272. The lowest BCUT2D eigenvalue weighted by atomic mass is 9.91. The van der Waals surface area contributed by atoms with Crippen molar-refractivity contribution in [2.75, 3.05) is 13.7 Å². The molecule has 3 heteroatoms. The van der Waals surface area contributed by atoms with Crippen LogP contribution >= 0.6 is 0 Å². The van der Waals surface area contributed by atoms with Crippen LogP contribution in [0.5, 0.6) is 5.75 Å². The van der Waals surface area contributed by atoms with Crippen LogP contribution in [-0.4, -0.2) is 25.1 Å². The van der Waals surface area contributed by atoms with Crippen molar-refractivity contribution < 1.29 is 14.3 Å². The smallest absolute Gasteiger partial charge is 0.164 e. The summed E-state index contributed by atoms with van der Waals surface area (Å²) in [4.78, 5) is 12.5. The molecule has 1 fully saturated rings. The maximum atomic E-state index is 12.5. The summed E-state index contributed by atoms with van der Waals surface area (Å²) < 4.78 is 11.1. The molecule has 0 unspecified atom stereocenters. The Morgan fingerprint density at radius 3 is 2.90 bits per heavy atom. The number of Topliss-reactive ketones (excluding diaryl/α,β-unsaturated/α-hetero) is 1. The number of fused-ring (bicyclic) bond motifs is 1. The number of ether oxygens (including phenoxy) is 2. The number of benzene rings is 1. The van der Waals surface area contributed by atoms with Crippen LogP contribution in [0.4, 0.5) is 0 Å². The highest BCUT2D eigenvalue weighted by Gasteiger charge is 2.40. The lowest BCUT2D eigenvalue weighted by Crippen LogP contribution is -2.37. The summed E-state index contributed by atoms with van der Waals surface area (Å²) in [5.41, 5.74) is 2.02. The molecule has 0 atom stereocenters. The van der Waals surface area contributed by atoms with Crippen LogP contribution in [0.3, 0.4) is 0 Å². The fraction of sp³-hybridized carbons (Fsp3) is 0.588. The van der Waals surface area contributed by atoms with E-state index in [9.17, 15) is 4.79 Å². The molecule has 2 aliphatic rings. The van der Waals surface area contributed by atoms with Crippen LogP contribution < -0.4 is 4.74 Å². The Morgan fingerprint density at radius 1 is 1.35 bits per heavy atom. The van der Waals surface area contributed by atoms with Crippen molar-refractivity contribution >= 4 is 5.78 Å². The Bertz CT molecular complexity index is 501. The van der Waals surface area contributed by atoms with Gasteiger partial charge in [-0.05, 0) is 49.3 Å². The van der Waals surface area contributed by atoms with Gasteiger partial charge in [-0.3, -0.25) is 4.79 Å². The zero-order valence-corrected chi connectivity index (χ0v) is 12.1. The topological polar surface area (TPSA) is 35.5 Å². The van der Waals surface area contributed by atoms with Crippen molar-refractivity contribution in [1.82, 2.24) is 0 Å². The number of carbonyl (C=O) groups excluding carboxylic acids is 1. The second kappa shape index (κ2) is 5.57. The van der Waals surface area contributed by atoms with Gasteiger partial charge in [0.2, 0.25) is 0 Å². The first-order valence-electron chi connectivity index (χ1n) is 7.57. The van der Waals surface area contributed by atoms with E-state index >= 15 is 0 Å². The van der Waals surface area contributed by atoms with Crippen LogP contribution in [0.15, 0.2) is 18.2 Å². The summed E-state index contributed by atoms with van der Waals surface area (Å²) >= 11 is 0. The van der Waals surface area contributed by atoms with E-state index in [1.54, 1.807) is 7.11 Å². The van der Waals surface area contributed by atoms with Crippen LogP contribution in [0.25, 0.3) is 0 Å². The van der Waals surface area contributed by atoms with Gasteiger partial charge in [-0.25, -0.2) is 0 Å². The van der Waals surface area contributed by atoms with Gasteiger partial charge in [0.05, 0.1) is 6.61 Å². The summed E-state index contributed by atoms with van der Waals surface area (Å²) in [6.07, 6.45) is 6.36. The van der Waals surface area contributed by atoms with Crippen molar-refractivity contribution in [3.63, 3.8) is 0 Å². The van der Waals surface area contributed by atoms with Crippen molar-refractivity contribution in [1.29, 1.82) is 0 Å². The number of carbonyl (C=O) groups is 1. The number of ketones is 1. The first kappa shape index (κ1) is 13.6. The Balaban J connectivity index is 1.63. The first-order chi connectivity index (χ1) is 9.73. The second-order valence-electron chi connectivity index (χ2n) is 5.87. The lowest BCUT2D eigenvalue weighted by Gasteiger charge is -2.25. The van der Waals surface area contributed by atoms with E-state index in [1.807, 2.05) is 6.07 Å². The molecule has 1 aliphatic carbocycles. The summed E-state index contributed by atoms with van der Waals surface area (Å²) in [5, 5.41) is 0. The van der Waals surface area contributed by atoms with Crippen LogP contribution in [0, 0.1) is 0 Å². The third-order valence-electron chi connectivity index (χ3n) is 4.70. The molecule has 3 nitrogen and oxygen atoms in total. The normalized spacial score (nSPS) is 19.6. The number of methoxy groups -OCH3 is 1. The number of aryl methyl sites for hydroxylation is 1. The van der Waals surface area contributed by atoms with E-state index in [0.717, 1.165) is 50.9 Å². The highest BCUT2D eigenvalue weighted by Crippen LogP contribution is 2.35. The molecular formula is C17H22O3. The summed E-state index contributed by atoms with van der Waals surface area (Å²) in [5.74, 6) is 1.28. The predicted octanol–water partition coefficient (Wildman–Crippen LogP) is 3.08. The van der Waals surface area contributed by atoms with Gasteiger partial charge in [0.25, 0.3) is 0 Å². The third kappa shape index (κ3) is 2.47. The van der Waals surface area contributed by atoms with E-state index in [1.165, 1.54) is 11.1 Å². The Hall–Kier alpha value is -1.35. The molecule has 20 heavy (non-hydrogen) atoms. The molecule has 1 heterocycles. The Morgan fingerprint density at radius 2 is 2.15 bits per heavy atom. The van der Waals surface area contributed by atoms with Crippen molar-refractivity contribution in [2.24, 2.45) is 0 Å². The summed E-state index contributed by atoms with van der Waals surface area (Å²) in [6.45, 7) is 0.782. The minimum atomic E-state index is -0.486. The molecule has 1 aliphatic heterocycles. The Labute approximate surface area is 120 Å². The zero-order chi connectivity index (χ0) is 14.0. The average molecular weight is 274 g/mol. The average Bonchev–Trinajstić information content (AvgIpc) is 3.13. The summed E-state index contributed by atoms with van der Waals surface area (Å²) in [7, 11) is 1.68. The quantitative estimate of drug-likeness (QED) is 0.827. The van der Waals surface area contributed by atoms with Crippen molar-refractivity contribution in [3.8, 4) is 5.75 Å². The SMILES string of the molecule is COC1(C(=O)CCc2ccc3c(c2)CCO3)CCCC1. The molecular weight excluding hydrogens is 252 g/mol. The van der Waals surface area contributed by atoms with Gasteiger partial charge < -0.3 is 9.47 Å². The highest BCUT2D eigenvalue weighted by atomic mass is 16.5. The Kier molecular flexibility index (Phi) is 3.79. The van der Waals surface area contributed by atoms with Crippen LogP contribution in [0.2, 0.25) is 0 Å². The lowest BCUT2D eigenvalue weighted by molar-refractivity contribution is -0.140. The highest BCUT2D eigenvalue weighted by molar-refractivity contribution is 5.87. The van der Waals surface area contributed by atoms with Crippen LogP contribution in [-0.2, 0) is 22.4 Å². The minimum Gasteiger partial charge on any atom is -0.493 e. The maximum Gasteiger partial charge on any atom is 0.164 e. The third-order valence-corrected chi connectivity index (χ3v) is 4.70. The van der Waals surface area contributed by atoms with E-state index in [4.69, 9.17) is 9.47 Å². The van der Waals surface area contributed by atoms with E-state index in [2.05, 4.69) is 12.1 Å². The molecule has 1 saturated carbocycles. The van der Waals surface area contributed by atoms with E-state index in [0.29, 0.717) is 6.42 Å². The van der Waals surface area contributed by atoms with Gasteiger partial charge in [0, 0.05) is 20.0 Å².